The molecule has 3 nitrogen and oxygen atoms in total. The summed E-state index contributed by atoms with van der Waals surface area (Å²) >= 11 is 5.72. The summed E-state index contributed by atoms with van der Waals surface area (Å²) in [6.07, 6.45) is -4.47. The minimum atomic E-state index is -4.47. The molecule has 18 heavy (non-hydrogen) atoms. The molecule has 0 atom stereocenters. The quantitative estimate of drug-likeness (QED) is 0.866. The molecule has 0 spiro atoms. The van der Waals surface area contributed by atoms with Crippen LogP contribution in [0, 0.1) is 0 Å². The van der Waals surface area contributed by atoms with Crippen molar-refractivity contribution < 1.29 is 13.2 Å². The average Bonchev–Trinajstić information content (AvgIpc) is 2.32. The lowest BCUT2D eigenvalue weighted by molar-refractivity contribution is -0.137. The zero-order valence-electron chi connectivity index (χ0n) is 8.87. The maximum Gasteiger partial charge on any atom is 0.417 e. The predicted octanol–water partition coefficient (Wildman–Crippen LogP) is 3.40. The standard InChI is InChI=1S/C11H7ClF3N3/c12-8-5-9(17-18-10(8)16)6-3-1-2-4-7(6)11(13,14)15/h1-5H,(H2,16,18). The number of rotatable bonds is 1. The molecule has 7 heteroatoms. The van der Waals surface area contributed by atoms with Crippen molar-refractivity contribution in [3.63, 3.8) is 0 Å². The van der Waals surface area contributed by atoms with E-state index in [0.717, 1.165) is 6.07 Å². The molecule has 0 aliphatic carbocycles. The molecule has 0 amide bonds. The maximum absolute atomic E-state index is 12.8. The SMILES string of the molecule is Nc1nnc(-c2ccccc2C(F)(F)F)cc1Cl. The van der Waals surface area contributed by atoms with E-state index in [4.69, 9.17) is 17.3 Å². The van der Waals surface area contributed by atoms with Crippen LogP contribution in [-0.4, -0.2) is 10.2 Å². The molecule has 0 saturated heterocycles. The van der Waals surface area contributed by atoms with E-state index in [2.05, 4.69) is 10.2 Å². The van der Waals surface area contributed by atoms with Crippen molar-refractivity contribution in [3.8, 4) is 11.3 Å². The van der Waals surface area contributed by atoms with Gasteiger partial charge in [-0.25, -0.2) is 0 Å². The van der Waals surface area contributed by atoms with Gasteiger partial charge >= 0.3 is 6.18 Å². The smallest absolute Gasteiger partial charge is 0.381 e. The van der Waals surface area contributed by atoms with Gasteiger partial charge in [-0.2, -0.15) is 13.2 Å². The second kappa shape index (κ2) is 4.45. The van der Waals surface area contributed by atoms with Crippen LogP contribution in [0.15, 0.2) is 30.3 Å². The summed E-state index contributed by atoms with van der Waals surface area (Å²) in [6, 6.07) is 6.32. The molecular formula is C11H7ClF3N3. The van der Waals surface area contributed by atoms with Gasteiger partial charge in [0.1, 0.15) is 0 Å². The first kappa shape index (κ1) is 12.6. The number of nitrogens with two attached hydrogens (primary N) is 1. The van der Waals surface area contributed by atoms with Gasteiger partial charge < -0.3 is 5.73 Å². The third kappa shape index (κ3) is 2.38. The molecule has 0 radical (unpaired) electrons. The molecule has 0 unspecified atom stereocenters. The molecule has 0 fully saturated rings. The Hall–Kier alpha value is -1.82. The van der Waals surface area contributed by atoms with E-state index in [9.17, 15) is 13.2 Å². The predicted molar refractivity (Wildman–Crippen MR) is 61.9 cm³/mol. The van der Waals surface area contributed by atoms with Gasteiger partial charge in [-0.1, -0.05) is 29.8 Å². The zero-order chi connectivity index (χ0) is 13.3. The Morgan fingerprint density at radius 3 is 2.39 bits per heavy atom. The molecule has 0 saturated carbocycles. The molecule has 2 rings (SSSR count). The van der Waals surface area contributed by atoms with E-state index in [1.54, 1.807) is 0 Å². The third-order valence-electron chi connectivity index (χ3n) is 2.28. The number of nitrogen functional groups attached to an aromatic ring is 1. The highest BCUT2D eigenvalue weighted by atomic mass is 35.5. The van der Waals surface area contributed by atoms with Gasteiger partial charge in [-0.05, 0) is 12.1 Å². The monoisotopic (exact) mass is 273 g/mol. The Kier molecular flexibility index (Phi) is 3.13. The lowest BCUT2D eigenvalue weighted by Gasteiger charge is -2.11. The summed E-state index contributed by atoms with van der Waals surface area (Å²) in [4.78, 5) is 0. The molecule has 0 aliphatic heterocycles. The summed E-state index contributed by atoms with van der Waals surface area (Å²) in [5.41, 5.74) is 4.52. The number of halogens is 4. The van der Waals surface area contributed by atoms with Crippen molar-refractivity contribution in [2.75, 3.05) is 5.73 Å². The molecule has 1 aromatic heterocycles. The van der Waals surface area contributed by atoms with Crippen molar-refractivity contribution >= 4 is 17.4 Å². The van der Waals surface area contributed by atoms with Gasteiger partial charge in [0.25, 0.3) is 0 Å². The van der Waals surface area contributed by atoms with E-state index >= 15 is 0 Å². The minimum absolute atomic E-state index is 0.0232. The Labute approximate surface area is 105 Å². The normalized spacial score (nSPS) is 11.6. The van der Waals surface area contributed by atoms with Crippen molar-refractivity contribution in [2.45, 2.75) is 6.18 Å². The van der Waals surface area contributed by atoms with Crippen LogP contribution < -0.4 is 5.73 Å². The number of alkyl halides is 3. The van der Waals surface area contributed by atoms with E-state index < -0.39 is 11.7 Å². The van der Waals surface area contributed by atoms with Gasteiger partial charge in [-0.15, -0.1) is 10.2 Å². The Balaban J connectivity index is 2.61. The Bertz CT molecular complexity index is 584. The highest BCUT2D eigenvalue weighted by Crippen LogP contribution is 2.36. The van der Waals surface area contributed by atoms with E-state index in [0.29, 0.717) is 0 Å². The first-order valence-electron chi connectivity index (χ1n) is 4.85. The molecule has 0 bridgehead atoms. The Morgan fingerprint density at radius 2 is 1.78 bits per heavy atom. The van der Waals surface area contributed by atoms with Crippen LogP contribution >= 0.6 is 11.6 Å². The largest absolute Gasteiger partial charge is 0.417 e. The fourth-order valence-corrected chi connectivity index (χ4v) is 1.60. The van der Waals surface area contributed by atoms with E-state index in [1.165, 1.54) is 24.3 Å². The molecule has 2 N–H and O–H groups in total. The first-order valence-corrected chi connectivity index (χ1v) is 5.22. The maximum atomic E-state index is 12.8. The molecule has 0 aliphatic rings. The van der Waals surface area contributed by atoms with E-state index in [-0.39, 0.29) is 22.1 Å². The van der Waals surface area contributed by atoms with Crippen LogP contribution in [0.1, 0.15) is 5.56 Å². The summed E-state index contributed by atoms with van der Waals surface area (Å²) in [5.74, 6) is -0.0232. The molecule has 2 aromatic rings. The first-order chi connectivity index (χ1) is 8.39. The van der Waals surface area contributed by atoms with Crippen LogP contribution in [0.25, 0.3) is 11.3 Å². The number of aromatic nitrogens is 2. The second-order valence-corrected chi connectivity index (χ2v) is 3.91. The lowest BCUT2D eigenvalue weighted by Crippen LogP contribution is -2.08. The minimum Gasteiger partial charge on any atom is -0.381 e. The summed E-state index contributed by atoms with van der Waals surface area (Å²) in [6.45, 7) is 0. The fraction of sp³-hybridized carbons (Fsp3) is 0.0909. The van der Waals surface area contributed by atoms with Crippen molar-refractivity contribution in [2.24, 2.45) is 0 Å². The average molecular weight is 274 g/mol. The summed E-state index contributed by atoms with van der Waals surface area (Å²) in [5, 5.41) is 7.20. The molecule has 1 aromatic carbocycles. The lowest BCUT2D eigenvalue weighted by atomic mass is 10.0. The van der Waals surface area contributed by atoms with Gasteiger partial charge in [0.05, 0.1) is 16.3 Å². The number of benzene rings is 1. The van der Waals surface area contributed by atoms with Crippen LogP contribution in [0.4, 0.5) is 19.0 Å². The van der Waals surface area contributed by atoms with Crippen LogP contribution in [0.3, 0.4) is 0 Å². The highest BCUT2D eigenvalue weighted by Gasteiger charge is 2.33. The highest BCUT2D eigenvalue weighted by molar-refractivity contribution is 6.32. The third-order valence-corrected chi connectivity index (χ3v) is 2.58. The number of nitrogens with zero attached hydrogens (tertiary/aromatic N) is 2. The van der Waals surface area contributed by atoms with Gasteiger partial charge in [-0.3, -0.25) is 0 Å². The topological polar surface area (TPSA) is 51.8 Å². The van der Waals surface area contributed by atoms with Crippen LogP contribution in [0.2, 0.25) is 5.02 Å². The molecule has 94 valence electrons. The van der Waals surface area contributed by atoms with Crippen molar-refractivity contribution in [1.29, 1.82) is 0 Å². The zero-order valence-corrected chi connectivity index (χ0v) is 9.63. The van der Waals surface area contributed by atoms with Crippen LogP contribution in [0.5, 0.6) is 0 Å². The second-order valence-electron chi connectivity index (χ2n) is 3.51. The van der Waals surface area contributed by atoms with Crippen LogP contribution in [-0.2, 0) is 6.18 Å². The number of hydrogen-bond acceptors (Lipinski definition) is 3. The van der Waals surface area contributed by atoms with Gasteiger partial charge in [0.2, 0.25) is 0 Å². The fourth-order valence-electron chi connectivity index (χ4n) is 1.46. The summed E-state index contributed by atoms with van der Waals surface area (Å²) < 4.78 is 38.4. The molecule has 1 heterocycles. The van der Waals surface area contributed by atoms with Crippen molar-refractivity contribution in [3.05, 3.63) is 40.9 Å². The molecular weight excluding hydrogens is 267 g/mol. The Morgan fingerprint density at radius 1 is 1.11 bits per heavy atom. The number of hydrogen-bond donors (Lipinski definition) is 1. The van der Waals surface area contributed by atoms with Crippen molar-refractivity contribution in [1.82, 2.24) is 10.2 Å². The van der Waals surface area contributed by atoms with E-state index in [1.807, 2.05) is 0 Å². The van der Waals surface area contributed by atoms with Gasteiger partial charge in [0, 0.05) is 5.56 Å². The summed E-state index contributed by atoms with van der Waals surface area (Å²) in [7, 11) is 0. The number of anilines is 1. The van der Waals surface area contributed by atoms with Gasteiger partial charge in [0.15, 0.2) is 5.82 Å².